The molecule has 0 aliphatic rings. The van der Waals surface area contributed by atoms with Crippen molar-refractivity contribution < 1.29 is 4.79 Å². The Hall–Kier alpha value is -1.39. The highest BCUT2D eigenvalue weighted by Gasteiger charge is 2.19. The summed E-state index contributed by atoms with van der Waals surface area (Å²) < 4.78 is 0. The number of carbonyl (C=O) groups excluding carboxylic acids is 1. The van der Waals surface area contributed by atoms with Crippen LogP contribution in [0.5, 0.6) is 0 Å². The van der Waals surface area contributed by atoms with Crippen LogP contribution in [0, 0.1) is 6.92 Å². The summed E-state index contributed by atoms with van der Waals surface area (Å²) in [6.45, 7) is 4.79. The van der Waals surface area contributed by atoms with E-state index >= 15 is 0 Å². The van der Waals surface area contributed by atoms with Crippen LogP contribution in [0.4, 0.5) is 0 Å². The molecule has 1 heterocycles. The Bertz CT molecular complexity index is 622. The molecule has 112 valence electrons. The minimum absolute atomic E-state index is 0.0543. The predicted molar refractivity (Wildman–Crippen MR) is 89.2 cm³/mol. The van der Waals surface area contributed by atoms with Crippen molar-refractivity contribution in [2.75, 3.05) is 13.6 Å². The van der Waals surface area contributed by atoms with E-state index in [1.165, 1.54) is 11.3 Å². The lowest BCUT2D eigenvalue weighted by Crippen LogP contribution is -2.27. The molecule has 0 fully saturated rings. The molecule has 2 aromatic rings. The molecule has 1 aromatic heterocycles. The number of rotatable bonds is 5. The van der Waals surface area contributed by atoms with E-state index in [1.807, 2.05) is 38.2 Å². The number of unbranched alkanes of at least 4 members (excludes halogenated alkanes) is 1. The average molecular weight is 323 g/mol. The maximum Gasteiger partial charge on any atom is 0.265 e. The molecule has 0 N–H and O–H groups in total. The molecule has 0 aliphatic heterocycles. The first-order valence-electron chi connectivity index (χ1n) is 7.01. The monoisotopic (exact) mass is 322 g/mol. The summed E-state index contributed by atoms with van der Waals surface area (Å²) in [5.74, 6) is 0.0543. The third-order valence-corrected chi connectivity index (χ3v) is 4.72. The van der Waals surface area contributed by atoms with Gasteiger partial charge in [0.25, 0.3) is 5.91 Å². The molecular weight excluding hydrogens is 304 g/mol. The molecule has 2 rings (SSSR count). The summed E-state index contributed by atoms with van der Waals surface area (Å²) in [5.41, 5.74) is 1.78. The molecule has 0 radical (unpaired) electrons. The number of aromatic nitrogens is 1. The fourth-order valence-corrected chi connectivity index (χ4v) is 3.17. The number of hydrogen-bond donors (Lipinski definition) is 0. The summed E-state index contributed by atoms with van der Waals surface area (Å²) in [4.78, 5) is 19.5. The summed E-state index contributed by atoms with van der Waals surface area (Å²) in [6.07, 6.45) is 2.10. The molecule has 0 saturated carbocycles. The van der Waals surface area contributed by atoms with Crippen molar-refractivity contribution in [1.82, 2.24) is 9.88 Å². The zero-order valence-corrected chi connectivity index (χ0v) is 14.1. The first kappa shape index (κ1) is 16.0. The van der Waals surface area contributed by atoms with Gasteiger partial charge in [0, 0.05) is 24.2 Å². The lowest BCUT2D eigenvalue weighted by Gasteiger charge is -2.15. The van der Waals surface area contributed by atoms with E-state index in [9.17, 15) is 4.79 Å². The van der Waals surface area contributed by atoms with E-state index in [0.29, 0.717) is 5.02 Å². The van der Waals surface area contributed by atoms with Crippen molar-refractivity contribution in [2.24, 2.45) is 0 Å². The standard InChI is InChI=1S/C16H19ClN2OS/c1-4-5-10-19(3)16(20)14-11(2)18-15(21-14)12-6-8-13(17)9-7-12/h6-9H,4-5,10H2,1-3H3. The highest BCUT2D eigenvalue weighted by Crippen LogP contribution is 2.29. The van der Waals surface area contributed by atoms with Crippen LogP contribution >= 0.6 is 22.9 Å². The van der Waals surface area contributed by atoms with Gasteiger partial charge in [-0.3, -0.25) is 4.79 Å². The number of benzene rings is 1. The minimum Gasteiger partial charge on any atom is -0.341 e. The van der Waals surface area contributed by atoms with Crippen molar-refractivity contribution in [3.8, 4) is 10.6 Å². The molecule has 0 spiro atoms. The SMILES string of the molecule is CCCCN(C)C(=O)c1sc(-c2ccc(Cl)cc2)nc1C. The van der Waals surface area contributed by atoms with E-state index in [1.54, 1.807) is 4.90 Å². The van der Waals surface area contributed by atoms with Gasteiger partial charge in [0.1, 0.15) is 9.88 Å². The fraction of sp³-hybridized carbons (Fsp3) is 0.375. The Kier molecular flexibility index (Phi) is 5.37. The summed E-state index contributed by atoms with van der Waals surface area (Å²) in [7, 11) is 1.85. The van der Waals surface area contributed by atoms with Gasteiger partial charge in [-0.05, 0) is 25.5 Å². The molecule has 0 aliphatic carbocycles. The molecule has 3 nitrogen and oxygen atoms in total. The number of carbonyl (C=O) groups is 1. The quantitative estimate of drug-likeness (QED) is 0.803. The second-order valence-corrected chi connectivity index (χ2v) is 6.46. The molecule has 1 aromatic carbocycles. The van der Waals surface area contributed by atoms with Gasteiger partial charge in [0.05, 0.1) is 5.69 Å². The van der Waals surface area contributed by atoms with Crippen LogP contribution in [0.2, 0.25) is 5.02 Å². The van der Waals surface area contributed by atoms with Crippen LogP contribution in [0.1, 0.15) is 35.1 Å². The van der Waals surface area contributed by atoms with E-state index in [0.717, 1.165) is 40.5 Å². The van der Waals surface area contributed by atoms with Crippen molar-refractivity contribution in [3.05, 3.63) is 39.9 Å². The highest BCUT2D eigenvalue weighted by molar-refractivity contribution is 7.17. The number of halogens is 1. The van der Waals surface area contributed by atoms with Crippen LogP contribution in [0.15, 0.2) is 24.3 Å². The van der Waals surface area contributed by atoms with Gasteiger partial charge in [-0.25, -0.2) is 4.98 Å². The highest BCUT2D eigenvalue weighted by atomic mass is 35.5. The first-order chi connectivity index (χ1) is 10.0. The Balaban J connectivity index is 2.22. The van der Waals surface area contributed by atoms with Crippen molar-refractivity contribution in [3.63, 3.8) is 0 Å². The fourth-order valence-electron chi connectivity index (χ4n) is 1.98. The van der Waals surface area contributed by atoms with Gasteiger partial charge in [-0.2, -0.15) is 0 Å². The topological polar surface area (TPSA) is 33.2 Å². The Morgan fingerprint density at radius 2 is 2.00 bits per heavy atom. The molecule has 5 heteroatoms. The maximum absolute atomic E-state index is 12.4. The van der Waals surface area contributed by atoms with Crippen LogP contribution in [0.25, 0.3) is 10.6 Å². The van der Waals surface area contributed by atoms with E-state index < -0.39 is 0 Å². The lowest BCUT2D eigenvalue weighted by molar-refractivity contribution is 0.0797. The van der Waals surface area contributed by atoms with Gasteiger partial charge < -0.3 is 4.90 Å². The zero-order chi connectivity index (χ0) is 15.4. The summed E-state index contributed by atoms with van der Waals surface area (Å²) in [6, 6.07) is 7.52. The van der Waals surface area contributed by atoms with Crippen molar-refractivity contribution in [1.29, 1.82) is 0 Å². The van der Waals surface area contributed by atoms with E-state index in [4.69, 9.17) is 11.6 Å². The largest absolute Gasteiger partial charge is 0.341 e. The van der Waals surface area contributed by atoms with Gasteiger partial charge >= 0.3 is 0 Å². The smallest absolute Gasteiger partial charge is 0.265 e. The van der Waals surface area contributed by atoms with Crippen molar-refractivity contribution in [2.45, 2.75) is 26.7 Å². The van der Waals surface area contributed by atoms with Crippen LogP contribution < -0.4 is 0 Å². The van der Waals surface area contributed by atoms with Crippen LogP contribution in [-0.4, -0.2) is 29.4 Å². The molecular formula is C16H19ClN2OS. The number of hydrogen-bond acceptors (Lipinski definition) is 3. The number of nitrogens with zero attached hydrogens (tertiary/aromatic N) is 2. The third kappa shape index (κ3) is 3.83. The average Bonchev–Trinajstić information content (AvgIpc) is 2.86. The summed E-state index contributed by atoms with van der Waals surface area (Å²) in [5, 5.41) is 1.55. The summed E-state index contributed by atoms with van der Waals surface area (Å²) >= 11 is 7.34. The second-order valence-electron chi connectivity index (χ2n) is 5.02. The molecule has 0 saturated heterocycles. The van der Waals surface area contributed by atoms with Gasteiger partial charge in [-0.1, -0.05) is 37.1 Å². The second kappa shape index (κ2) is 7.05. The number of amides is 1. The van der Waals surface area contributed by atoms with E-state index in [2.05, 4.69) is 11.9 Å². The molecule has 0 atom stereocenters. The first-order valence-corrected chi connectivity index (χ1v) is 8.21. The Morgan fingerprint density at radius 1 is 1.33 bits per heavy atom. The van der Waals surface area contributed by atoms with Crippen LogP contribution in [0.3, 0.4) is 0 Å². The normalized spacial score (nSPS) is 10.7. The molecule has 21 heavy (non-hydrogen) atoms. The lowest BCUT2D eigenvalue weighted by atomic mass is 10.2. The van der Waals surface area contributed by atoms with Gasteiger partial charge in [-0.15, -0.1) is 11.3 Å². The molecule has 0 unspecified atom stereocenters. The number of aryl methyl sites for hydroxylation is 1. The Morgan fingerprint density at radius 3 is 2.62 bits per heavy atom. The number of thiazole rings is 1. The zero-order valence-electron chi connectivity index (χ0n) is 12.5. The van der Waals surface area contributed by atoms with Crippen molar-refractivity contribution >= 4 is 28.8 Å². The van der Waals surface area contributed by atoms with Crippen LogP contribution in [-0.2, 0) is 0 Å². The Labute approximate surface area is 134 Å². The minimum atomic E-state index is 0.0543. The van der Waals surface area contributed by atoms with Gasteiger partial charge in [0.15, 0.2) is 0 Å². The maximum atomic E-state index is 12.4. The predicted octanol–water partition coefficient (Wildman–Crippen LogP) is 4.64. The molecule has 0 bridgehead atoms. The van der Waals surface area contributed by atoms with E-state index in [-0.39, 0.29) is 5.91 Å². The molecule has 1 amide bonds. The third-order valence-electron chi connectivity index (χ3n) is 3.28. The van der Waals surface area contributed by atoms with Gasteiger partial charge in [0.2, 0.25) is 0 Å².